The van der Waals surface area contributed by atoms with E-state index in [0.29, 0.717) is 30.2 Å². The number of rotatable bonds is 4. The van der Waals surface area contributed by atoms with Crippen molar-refractivity contribution in [2.45, 2.75) is 26.1 Å². The van der Waals surface area contributed by atoms with Crippen LogP contribution in [0.1, 0.15) is 19.4 Å². The second kappa shape index (κ2) is 7.14. The predicted molar refractivity (Wildman–Crippen MR) is 79.8 cm³/mol. The van der Waals surface area contributed by atoms with Gasteiger partial charge in [-0.1, -0.05) is 0 Å². The van der Waals surface area contributed by atoms with Crippen LogP contribution >= 0.6 is 0 Å². The summed E-state index contributed by atoms with van der Waals surface area (Å²) >= 11 is 0. The van der Waals surface area contributed by atoms with E-state index in [1.807, 2.05) is 19.9 Å². The van der Waals surface area contributed by atoms with Crippen molar-refractivity contribution in [3.05, 3.63) is 23.8 Å². The summed E-state index contributed by atoms with van der Waals surface area (Å²) in [5.74, 6) is 0.799. The van der Waals surface area contributed by atoms with Crippen molar-refractivity contribution in [1.82, 2.24) is 4.90 Å². The average molecular weight is 304 g/mol. The Morgan fingerprint density at radius 3 is 2.64 bits per heavy atom. The van der Waals surface area contributed by atoms with E-state index in [0.717, 1.165) is 0 Å². The molecular formula is C16H20N2O4. The van der Waals surface area contributed by atoms with E-state index in [1.54, 1.807) is 23.1 Å². The van der Waals surface area contributed by atoms with Gasteiger partial charge >= 0.3 is 0 Å². The highest BCUT2D eigenvalue weighted by Crippen LogP contribution is 2.27. The number of carbonyl (C=O) groups is 1. The van der Waals surface area contributed by atoms with Crippen molar-refractivity contribution < 1.29 is 19.0 Å². The second-order valence-corrected chi connectivity index (χ2v) is 5.32. The number of nitrogens with zero attached hydrogens (tertiary/aromatic N) is 2. The van der Waals surface area contributed by atoms with Crippen LogP contribution in [0.4, 0.5) is 0 Å². The third-order valence-electron chi connectivity index (χ3n) is 3.42. The van der Waals surface area contributed by atoms with Crippen LogP contribution in [0.2, 0.25) is 0 Å². The molecule has 1 amide bonds. The number of hydrogen-bond acceptors (Lipinski definition) is 5. The Bertz CT molecular complexity index is 572. The minimum atomic E-state index is -0.0894. The molecule has 1 aliphatic rings. The number of morpholine rings is 1. The zero-order valence-corrected chi connectivity index (χ0v) is 13.0. The highest BCUT2D eigenvalue weighted by Gasteiger charge is 2.26. The fourth-order valence-electron chi connectivity index (χ4n) is 2.47. The molecule has 1 aliphatic heterocycles. The van der Waals surface area contributed by atoms with Crippen LogP contribution in [-0.4, -0.2) is 49.8 Å². The molecule has 0 bridgehead atoms. The molecule has 22 heavy (non-hydrogen) atoms. The van der Waals surface area contributed by atoms with Crippen molar-refractivity contribution in [3.8, 4) is 17.6 Å². The minimum Gasteiger partial charge on any atom is -0.493 e. The zero-order chi connectivity index (χ0) is 16.1. The van der Waals surface area contributed by atoms with Crippen molar-refractivity contribution in [2.24, 2.45) is 0 Å². The van der Waals surface area contributed by atoms with Gasteiger partial charge in [0.1, 0.15) is 0 Å². The van der Waals surface area contributed by atoms with E-state index in [2.05, 4.69) is 0 Å². The van der Waals surface area contributed by atoms with E-state index in [-0.39, 0.29) is 24.7 Å². The molecule has 0 aliphatic carbocycles. The standard InChI is InChI=1S/C16H20N2O4/c1-11-8-18(9-12(2)22-11)16(19)10-21-14-5-4-13(7-17)6-15(14)20-3/h4-6,11-12H,8-10H2,1-3H3. The molecule has 1 fully saturated rings. The topological polar surface area (TPSA) is 71.8 Å². The summed E-state index contributed by atoms with van der Waals surface area (Å²) < 4.78 is 16.3. The molecule has 6 nitrogen and oxygen atoms in total. The van der Waals surface area contributed by atoms with Crippen molar-refractivity contribution in [1.29, 1.82) is 5.26 Å². The highest BCUT2D eigenvalue weighted by molar-refractivity contribution is 5.78. The van der Waals surface area contributed by atoms with Gasteiger partial charge in [-0.05, 0) is 26.0 Å². The molecule has 1 heterocycles. The summed E-state index contributed by atoms with van der Waals surface area (Å²) in [4.78, 5) is 14.0. The normalized spacial score (nSPS) is 21.1. The fourth-order valence-corrected chi connectivity index (χ4v) is 2.47. The third-order valence-corrected chi connectivity index (χ3v) is 3.42. The molecule has 2 atom stereocenters. The predicted octanol–water partition coefficient (Wildman–Crippen LogP) is 1.58. The second-order valence-electron chi connectivity index (χ2n) is 5.32. The quantitative estimate of drug-likeness (QED) is 0.844. The SMILES string of the molecule is COc1cc(C#N)ccc1OCC(=O)N1CC(C)OC(C)C1. The molecule has 2 unspecified atom stereocenters. The summed E-state index contributed by atoms with van der Waals surface area (Å²) in [6, 6.07) is 6.87. The molecule has 0 aromatic heterocycles. The number of hydrogen-bond donors (Lipinski definition) is 0. The molecule has 6 heteroatoms. The summed E-state index contributed by atoms with van der Waals surface area (Å²) in [5, 5.41) is 8.87. The van der Waals surface area contributed by atoms with Crippen LogP contribution in [0.5, 0.6) is 11.5 Å². The molecule has 1 aromatic rings. The Kier molecular flexibility index (Phi) is 5.23. The lowest BCUT2D eigenvalue weighted by atomic mass is 10.2. The van der Waals surface area contributed by atoms with E-state index < -0.39 is 0 Å². The maximum Gasteiger partial charge on any atom is 0.260 e. The molecule has 0 spiro atoms. The first-order chi connectivity index (χ1) is 10.5. The smallest absolute Gasteiger partial charge is 0.260 e. The molecule has 0 saturated carbocycles. The Balaban J connectivity index is 1.98. The van der Waals surface area contributed by atoms with E-state index in [4.69, 9.17) is 19.5 Å². The maximum atomic E-state index is 12.2. The Labute approximate surface area is 130 Å². The van der Waals surface area contributed by atoms with E-state index in [9.17, 15) is 4.79 Å². The van der Waals surface area contributed by atoms with Crippen molar-refractivity contribution in [3.63, 3.8) is 0 Å². The fraction of sp³-hybridized carbons (Fsp3) is 0.500. The first-order valence-electron chi connectivity index (χ1n) is 7.17. The van der Waals surface area contributed by atoms with Crippen LogP contribution in [0.15, 0.2) is 18.2 Å². The highest BCUT2D eigenvalue weighted by atomic mass is 16.5. The summed E-state index contributed by atoms with van der Waals surface area (Å²) in [5.41, 5.74) is 0.478. The van der Waals surface area contributed by atoms with Gasteiger partial charge in [0.15, 0.2) is 18.1 Å². The Morgan fingerprint density at radius 2 is 2.05 bits per heavy atom. The number of carbonyl (C=O) groups excluding carboxylic acids is 1. The summed E-state index contributed by atoms with van der Waals surface area (Å²) in [6.45, 7) is 4.96. The lowest BCUT2D eigenvalue weighted by Crippen LogP contribution is -2.49. The van der Waals surface area contributed by atoms with Gasteiger partial charge in [0.2, 0.25) is 0 Å². The lowest BCUT2D eigenvalue weighted by Gasteiger charge is -2.35. The monoisotopic (exact) mass is 304 g/mol. The van der Waals surface area contributed by atoms with Gasteiger partial charge in [0.05, 0.1) is 31.0 Å². The zero-order valence-electron chi connectivity index (χ0n) is 13.0. The molecule has 0 N–H and O–H groups in total. The Morgan fingerprint density at radius 1 is 1.36 bits per heavy atom. The van der Waals surface area contributed by atoms with Gasteiger partial charge < -0.3 is 19.1 Å². The Hall–Kier alpha value is -2.26. The van der Waals surface area contributed by atoms with Gasteiger partial charge in [-0.3, -0.25) is 4.79 Å². The molecule has 0 radical (unpaired) electrons. The molecule has 118 valence electrons. The number of benzene rings is 1. The van der Waals surface area contributed by atoms with Gasteiger partial charge in [0.25, 0.3) is 5.91 Å². The van der Waals surface area contributed by atoms with Crippen LogP contribution in [-0.2, 0) is 9.53 Å². The first-order valence-corrected chi connectivity index (χ1v) is 7.17. The van der Waals surface area contributed by atoms with Gasteiger partial charge in [-0.25, -0.2) is 0 Å². The first kappa shape index (κ1) is 16.1. The largest absolute Gasteiger partial charge is 0.493 e. The molecule has 1 saturated heterocycles. The number of nitriles is 1. The lowest BCUT2D eigenvalue weighted by molar-refractivity contribution is -0.145. The van der Waals surface area contributed by atoms with E-state index in [1.165, 1.54) is 7.11 Å². The van der Waals surface area contributed by atoms with Crippen LogP contribution in [0.3, 0.4) is 0 Å². The van der Waals surface area contributed by atoms with Gasteiger partial charge in [-0.15, -0.1) is 0 Å². The summed E-state index contributed by atoms with van der Waals surface area (Å²) in [7, 11) is 1.50. The number of methoxy groups -OCH3 is 1. The van der Waals surface area contributed by atoms with Crippen molar-refractivity contribution >= 4 is 5.91 Å². The number of ether oxygens (including phenoxy) is 3. The van der Waals surface area contributed by atoms with Crippen LogP contribution in [0.25, 0.3) is 0 Å². The maximum absolute atomic E-state index is 12.2. The third kappa shape index (κ3) is 3.89. The van der Waals surface area contributed by atoms with E-state index >= 15 is 0 Å². The summed E-state index contributed by atoms with van der Waals surface area (Å²) in [6.07, 6.45) is 0.0503. The minimum absolute atomic E-state index is 0.0251. The van der Waals surface area contributed by atoms with Crippen LogP contribution < -0.4 is 9.47 Å². The molecular weight excluding hydrogens is 284 g/mol. The number of amides is 1. The van der Waals surface area contributed by atoms with Gasteiger partial charge in [-0.2, -0.15) is 5.26 Å². The van der Waals surface area contributed by atoms with Crippen LogP contribution in [0, 0.1) is 11.3 Å². The average Bonchev–Trinajstić information content (AvgIpc) is 2.51. The molecule has 1 aromatic carbocycles. The van der Waals surface area contributed by atoms with Gasteiger partial charge in [0, 0.05) is 19.2 Å². The van der Waals surface area contributed by atoms with Crippen molar-refractivity contribution in [2.75, 3.05) is 26.8 Å². The molecule has 2 rings (SSSR count).